The van der Waals surface area contributed by atoms with Crippen molar-refractivity contribution in [3.63, 3.8) is 0 Å². The van der Waals surface area contributed by atoms with Crippen LogP contribution in [0, 0.1) is 0 Å². The van der Waals surface area contributed by atoms with E-state index in [1.54, 1.807) is 6.92 Å². The molecule has 2 atom stereocenters. The van der Waals surface area contributed by atoms with E-state index < -0.39 is 0 Å². The fourth-order valence-electron chi connectivity index (χ4n) is 0.951. The topological polar surface area (TPSA) is 40.5 Å². The van der Waals surface area contributed by atoms with Gasteiger partial charge in [-0.15, -0.1) is 0 Å². The van der Waals surface area contributed by atoms with Gasteiger partial charge in [0.2, 0.25) is 0 Å². The molecule has 0 unspecified atom stereocenters. The Kier molecular flexibility index (Phi) is 5.64. The molecule has 0 aromatic heterocycles. The minimum atomic E-state index is -0.369. The highest BCUT2D eigenvalue weighted by Gasteiger charge is 2.05. The van der Waals surface area contributed by atoms with Crippen molar-refractivity contribution in [1.29, 1.82) is 0 Å². The van der Waals surface area contributed by atoms with Crippen molar-refractivity contribution in [3.05, 3.63) is 0 Å². The summed E-state index contributed by atoms with van der Waals surface area (Å²) in [5.41, 5.74) is 0. The minimum absolute atomic E-state index is 0.306. The Hall–Kier alpha value is -0.0800. The molecule has 0 spiro atoms. The fraction of sp³-hybridized carbons (Fsp3) is 1.00. The smallest absolute Gasteiger partial charge is 0.0564 e. The van der Waals surface area contributed by atoms with Crippen LogP contribution >= 0.6 is 0 Å². The van der Waals surface area contributed by atoms with Crippen molar-refractivity contribution in [2.24, 2.45) is 0 Å². The largest absolute Gasteiger partial charge is 0.393 e. The lowest BCUT2D eigenvalue weighted by molar-refractivity contribution is 0.0838. The molecular weight excluding hydrogens is 128 g/mol. The number of aliphatic hydroxyl groups excluding tert-OH is 2. The molecule has 0 aliphatic rings. The Morgan fingerprint density at radius 3 is 2.30 bits per heavy atom. The first kappa shape index (κ1) is 9.92. The van der Waals surface area contributed by atoms with Crippen LogP contribution in [0.1, 0.15) is 39.5 Å². The van der Waals surface area contributed by atoms with Crippen LogP contribution in [0.3, 0.4) is 0 Å². The first-order chi connectivity index (χ1) is 4.66. The molecule has 0 heterocycles. The molecule has 0 aliphatic heterocycles. The number of rotatable bonds is 5. The first-order valence-corrected chi connectivity index (χ1v) is 4.03. The Bertz CT molecular complexity index is 71.7. The monoisotopic (exact) mass is 146 g/mol. The summed E-state index contributed by atoms with van der Waals surface area (Å²) < 4.78 is 0. The molecule has 0 aromatic carbocycles. The number of aliphatic hydroxyl groups is 2. The van der Waals surface area contributed by atoms with Crippen LogP contribution in [0.5, 0.6) is 0 Å². The lowest BCUT2D eigenvalue weighted by Gasteiger charge is -2.10. The maximum atomic E-state index is 9.19. The van der Waals surface area contributed by atoms with Crippen LogP contribution in [0.2, 0.25) is 0 Å². The van der Waals surface area contributed by atoms with E-state index in [1.165, 1.54) is 0 Å². The number of hydrogen-bond acceptors (Lipinski definition) is 2. The molecule has 0 bridgehead atoms. The summed E-state index contributed by atoms with van der Waals surface area (Å²) in [4.78, 5) is 0. The number of unbranched alkanes of at least 4 members (excludes halogenated alkanes) is 1. The van der Waals surface area contributed by atoms with Gasteiger partial charge < -0.3 is 10.2 Å². The predicted octanol–water partition coefficient (Wildman–Crippen LogP) is 1.31. The van der Waals surface area contributed by atoms with Crippen LogP contribution in [0.15, 0.2) is 0 Å². The van der Waals surface area contributed by atoms with Crippen molar-refractivity contribution in [2.75, 3.05) is 0 Å². The Morgan fingerprint density at radius 1 is 1.30 bits per heavy atom. The molecule has 0 aromatic rings. The molecule has 0 saturated heterocycles. The van der Waals surface area contributed by atoms with Gasteiger partial charge in [-0.1, -0.05) is 19.8 Å². The minimum Gasteiger partial charge on any atom is -0.393 e. The summed E-state index contributed by atoms with van der Waals surface area (Å²) in [7, 11) is 0. The molecular formula is C8H18O2. The van der Waals surface area contributed by atoms with Crippen LogP contribution < -0.4 is 0 Å². The highest BCUT2D eigenvalue weighted by Crippen LogP contribution is 2.05. The lowest BCUT2D eigenvalue weighted by atomic mass is 10.1. The van der Waals surface area contributed by atoms with Gasteiger partial charge in [0.15, 0.2) is 0 Å². The van der Waals surface area contributed by atoms with Gasteiger partial charge in [0.25, 0.3) is 0 Å². The van der Waals surface area contributed by atoms with Gasteiger partial charge in [0.1, 0.15) is 0 Å². The third-order valence-electron chi connectivity index (χ3n) is 1.50. The summed E-state index contributed by atoms with van der Waals surface area (Å²) in [6.07, 6.45) is 2.82. The number of hydrogen-bond donors (Lipinski definition) is 2. The zero-order chi connectivity index (χ0) is 7.98. The molecule has 62 valence electrons. The lowest BCUT2D eigenvalue weighted by Crippen LogP contribution is -2.14. The van der Waals surface area contributed by atoms with E-state index in [9.17, 15) is 5.11 Å². The molecule has 2 heteroatoms. The van der Waals surface area contributed by atoms with Gasteiger partial charge in [0, 0.05) is 0 Å². The summed E-state index contributed by atoms with van der Waals surface area (Å²) in [6.45, 7) is 3.80. The highest BCUT2D eigenvalue weighted by atomic mass is 16.3. The Labute approximate surface area is 62.9 Å². The third-order valence-corrected chi connectivity index (χ3v) is 1.50. The van der Waals surface area contributed by atoms with Gasteiger partial charge >= 0.3 is 0 Å². The summed E-state index contributed by atoms with van der Waals surface area (Å²) in [6, 6.07) is 0. The van der Waals surface area contributed by atoms with Crippen LogP contribution in [0.4, 0.5) is 0 Å². The van der Waals surface area contributed by atoms with E-state index >= 15 is 0 Å². The fourth-order valence-corrected chi connectivity index (χ4v) is 0.951. The molecule has 10 heavy (non-hydrogen) atoms. The van der Waals surface area contributed by atoms with Crippen molar-refractivity contribution >= 4 is 0 Å². The third kappa shape index (κ3) is 6.05. The zero-order valence-corrected chi connectivity index (χ0v) is 6.88. The van der Waals surface area contributed by atoms with Crippen molar-refractivity contribution in [2.45, 2.75) is 51.7 Å². The molecule has 0 rings (SSSR count). The first-order valence-electron chi connectivity index (χ1n) is 4.03. The van der Waals surface area contributed by atoms with E-state index in [0.29, 0.717) is 6.42 Å². The molecule has 2 nitrogen and oxygen atoms in total. The summed E-state index contributed by atoms with van der Waals surface area (Å²) in [5.74, 6) is 0. The quantitative estimate of drug-likeness (QED) is 0.614. The van der Waals surface area contributed by atoms with Crippen molar-refractivity contribution < 1.29 is 10.2 Å². The van der Waals surface area contributed by atoms with Crippen molar-refractivity contribution in [3.8, 4) is 0 Å². The molecule has 0 radical (unpaired) electrons. The van der Waals surface area contributed by atoms with E-state index in [4.69, 9.17) is 5.11 Å². The Balaban J connectivity index is 3.16. The second kappa shape index (κ2) is 5.69. The molecule has 2 N–H and O–H groups in total. The maximum Gasteiger partial charge on any atom is 0.0564 e. The van der Waals surface area contributed by atoms with E-state index in [2.05, 4.69) is 6.92 Å². The van der Waals surface area contributed by atoms with Gasteiger partial charge in [-0.3, -0.25) is 0 Å². The van der Waals surface area contributed by atoms with E-state index in [-0.39, 0.29) is 12.2 Å². The van der Waals surface area contributed by atoms with Crippen LogP contribution in [-0.4, -0.2) is 22.4 Å². The van der Waals surface area contributed by atoms with Gasteiger partial charge in [-0.2, -0.15) is 0 Å². The molecule has 0 fully saturated rings. The zero-order valence-electron chi connectivity index (χ0n) is 6.88. The molecule has 0 saturated carbocycles. The van der Waals surface area contributed by atoms with Gasteiger partial charge in [0.05, 0.1) is 12.2 Å². The SMILES string of the molecule is CCCC[C@H](O)C[C@H](C)O. The molecule has 0 aliphatic carbocycles. The second-order valence-electron chi connectivity index (χ2n) is 2.88. The standard InChI is InChI=1S/C8H18O2/c1-3-4-5-8(10)6-7(2)9/h7-10H,3-6H2,1-2H3/t7-,8-/m0/s1. The van der Waals surface area contributed by atoms with Crippen molar-refractivity contribution in [1.82, 2.24) is 0 Å². The predicted molar refractivity (Wildman–Crippen MR) is 41.8 cm³/mol. The van der Waals surface area contributed by atoms with Gasteiger partial charge in [-0.05, 0) is 19.8 Å². The molecule has 0 amide bonds. The van der Waals surface area contributed by atoms with E-state index in [1.807, 2.05) is 0 Å². The summed E-state index contributed by atoms with van der Waals surface area (Å²) in [5, 5.41) is 18.1. The normalized spacial score (nSPS) is 16.8. The highest BCUT2D eigenvalue weighted by molar-refractivity contribution is 4.58. The van der Waals surface area contributed by atoms with Crippen LogP contribution in [0.25, 0.3) is 0 Å². The average molecular weight is 146 g/mol. The second-order valence-corrected chi connectivity index (χ2v) is 2.88. The maximum absolute atomic E-state index is 9.19. The summed E-state index contributed by atoms with van der Waals surface area (Å²) >= 11 is 0. The van der Waals surface area contributed by atoms with Gasteiger partial charge in [-0.25, -0.2) is 0 Å². The average Bonchev–Trinajstić information content (AvgIpc) is 1.82. The van der Waals surface area contributed by atoms with Crippen LogP contribution in [-0.2, 0) is 0 Å². The van der Waals surface area contributed by atoms with E-state index in [0.717, 1.165) is 19.3 Å². The Morgan fingerprint density at radius 2 is 1.90 bits per heavy atom.